The van der Waals surface area contributed by atoms with Crippen molar-refractivity contribution in [1.29, 1.82) is 0 Å². The lowest BCUT2D eigenvalue weighted by Crippen LogP contribution is -2.38. The van der Waals surface area contributed by atoms with E-state index in [0.717, 1.165) is 31.6 Å². The van der Waals surface area contributed by atoms with E-state index in [1.807, 2.05) is 0 Å². The zero-order valence-corrected chi connectivity index (χ0v) is 9.18. The van der Waals surface area contributed by atoms with Crippen molar-refractivity contribution in [2.75, 3.05) is 19.8 Å². The standard InChI is InChI=1S/C11H23NO/c1-4-11(12-5-2)9(3)10-6-7-13-8-10/h9-12H,4-8H2,1-3H3. The summed E-state index contributed by atoms with van der Waals surface area (Å²) in [5.41, 5.74) is 0. The molecule has 0 aromatic rings. The van der Waals surface area contributed by atoms with Crippen LogP contribution in [0, 0.1) is 11.8 Å². The van der Waals surface area contributed by atoms with Gasteiger partial charge in [-0.15, -0.1) is 0 Å². The van der Waals surface area contributed by atoms with Crippen molar-refractivity contribution in [3.63, 3.8) is 0 Å². The van der Waals surface area contributed by atoms with Gasteiger partial charge < -0.3 is 10.1 Å². The van der Waals surface area contributed by atoms with Crippen LogP contribution in [0.2, 0.25) is 0 Å². The lowest BCUT2D eigenvalue weighted by molar-refractivity contribution is 0.164. The Morgan fingerprint density at radius 2 is 2.23 bits per heavy atom. The lowest BCUT2D eigenvalue weighted by Gasteiger charge is -2.27. The van der Waals surface area contributed by atoms with Crippen molar-refractivity contribution in [3.05, 3.63) is 0 Å². The zero-order chi connectivity index (χ0) is 9.68. The molecular formula is C11H23NO. The maximum atomic E-state index is 5.42. The molecule has 0 aromatic heterocycles. The van der Waals surface area contributed by atoms with Gasteiger partial charge >= 0.3 is 0 Å². The molecule has 0 bridgehead atoms. The summed E-state index contributed by atoms with van der Waals surface area (Å²) in [4.78, 5) is 0. The lowest BCUT2D eigenvalue weighted by atomic mass is 9.86. The smallest absolute Gasteiger partial charge is 0.0498 e. The molecule has 2 nitrogen and oxygen atoms in total. The second-order valence-corrected chi connectivity index (χ2v) is 4.06. The first kappa shape index (κ1) is 11.0. The molecule has 13 heavy (non-hydrogen) atoms. The van der Waals surface area contributed by atoms with E-state index in [-0.39, 0.29) is 0 Å². The van der Waals surface area contributed by atoms with Crippen LogP contribution in [0.15, 0.2) is 0 Å². The first-order valence-corrected chi connectivity index (χ1v) is 5.60. The average Bonchev–Trinajstić information content (AvgIpc) is 2.65. The molecule has 3 unspecified atom stereocenters. The van der Waals surface area contributed by atoms with E-state index in [2.05, 4.69) is 26.1 Å². The fraction of sp³-hybridized carbons (Fsp3) is 1.00. The Morgan fingerprint density at radius 3 is 2.69 bits per heavy atom. The van der Waals surface area contributed by atoms with Crippen molar-refractivity contribution in [1.82, 2.24) is 5.32 Å². The Hall–Kier alpha value is -0.0800. The molecule has 0 saturated carbocycles. The average molecular weight is 185 g/mol. The van der Waals surface area contributed by atoms with Gasteiger partial charge in [-0.3, -0.25) is 0 Å². The minimum atomic E-state index is 0.677. The van der Waals surface area contributed by atoms with Crippen LogP contribution in [-0.2, 0) is 4.74 Å². The van der Waals surface area contributed by atoms with E-state index in [0.29, 0.717) is 6.04 Å². The molecule has 1 saturated heterocycles. The molecule has 0 spiro atoms. The summed E-state index contributed by atoms with van der Waals surface area (Å²) < 4.78 is 5.42. The quantitative estimate of drug-likeness (QED) is 0.708. The summed E-state index contributed by atoms with van der Waals surface area (Å²) in [5.74, 6) is 1.54. The van der Waals surface area contributed by atoms with Crippen LogP contribution in [0.5, 0.6) is 0 Å². The number of ether oxygens (including phenoxy) is 1. The summed E-state index contributed by atoms with van der Waals surface area (Å²) in [7, 11) is 0. The maximum Gasteiger partial charge on any atom is 0.0498 e. The maximum absolute atomic E-state index is 5.42. The van der Waals surface area contributed by atoms with Crippen LogP contribution < -0.4 is 5.32 Å². The van der Waals surface area contributed by atoms with Crippen LogP contribution in [0.1, 0.15) is 33.6 Å². The highest BCUT2D eigenvalue weighted by atomic mass is 16.5. The molecule has 2 heteroatoms. The molecule has 1 aliphatic rings. The van der Waals surface area contributed by atoms with Gasteiger partial charge in [-0.1, -0.05) is 20.8 Å². The summed E-state index contributed by atoms with van der Waals surface area (Å²) in [5, 5.41) is 3.55. The molecule has 0 amide bonds. The topological polar surface area (TPSA) is 21.3 Å². The number of nitrogens with one attached hydrogen (secondary N) is 1. The van der Waals surface area contributed by atoms with Gasteiger partial charge in [0.2, 0.25) is 0 Å². The minimum Gasteiger partial charge on any atom is -0.381 e. The highest BCUT2D eigenvalue weighted by molar-refractivity contribution is 4.79. The number of rotatable bonds is 5. The Labute approximate surface area is 82.0 Å². The largest absolute Gasteiger partial charge is 0.381 e. The monoisotopic (exact) mass is 185 g/mol. The number of hydrogen-bond donors (Lipinski definition) is 1. The normalized spacial score (nSPS) is 27.5. The van der Waals surface area contributed by atoms with E-state index >= 15 is 0 Å². The summed E-state index contributed by atoms with van der Waals surface area (Å²) >= 11 is 0. The zero-order valence-electron chi connectivity index (χ0n) is 9.18. The first-order chi connectivity index (χ1) is 6.29. The third kappa shape index (κ3) is 2.96. The van der Waals surface area contributed by atoms with E-state index in [9.17, 15) is 0 Å². The van der Waals surface area contributed by atoms with E-state index in [4.69, 9.17) is 4.74 Å². The molecule has 1 rings (SSSR count). The van der Waals surface area contributed by atoms with Crippen molar-refractivity contribution in [3.8, 4) is 0 Å². The van der Waals surface area contributed by atoms with Gasteiger partial charge in [0.05, 0.1) is 0 Å². The van der Waals surface area contributed by atoms with Gasteiger partial charge in [-0.25, -0.2) is 0 Å². The second-order valence-electron chi connectivity index (χ2n) is 4.06. The third-order valence-corrected chi connectivity index (χ3v) is 3.25. The van der Waals surface area contributed by atoms with E-state index in [1.165, 1.54) is 12.8 Å². The van der Waals surface area contributed by atoms with Crippen LogP contribution in [-0.4, -0.2) is 25.8 Å². The fourth-order valence-corrected chi connectivity index (χ4v) is 2.26. The fourth-order valence-electron chi connectivity index (χ4n) is 2.26. The molecule has 0 radical (unpaired) electrons. The Morgan fingerprint density at radius 1 is 1.46 bits per heavy atom. The highest BCUT2D eigenvalue weighted by Gasteiger charge is 2.27. The first-order valence-electron chi connectivity index (χ1n) is 5.60. The summed E-state index contributed by atoms with van der Waals surface area (Å²) in [6.07, 6.45) is 2.48. The molecular weight excluding hydrogens is 162 g/mol. The number of hydrogen-bond acceptors (Lipinski definition) is 2. The SMILES string of the molecule is CCNC(CC)C(C)C1CCOC1. The Bertz CT molecular complexity index is 132. The van der Waals surface area contributed by atoms with Gasteiger partial charge in [0.25, 0.3) is 0 Å². The van der Waals surface area contributed by atoms with Crippen LogP contribution in [0.4, 0.5) is 0 Å². The molecule has 0 aromatic carbocycles. The van der Waals surface area contributed by atoms with Crippen molar-refractivity contribution in [2.24, 2.45) is 11.8 Å². The molecule has 0 aliphatic carbocycles. The van der Waals surface area contributed by atoms with Crippen molar-refractivity contribution < 1.29 is 4.74 Å². The van der Waals surface area contributed by atoms with E-state index in [1.54, 1.807) is 0 Å². The van der Waals surface area contributed by atoms with Gasteiger partial charge in [0, 0.05) is 19.3 Å². The van der Waals surface area contributed by atoms with Gasteiger partial charge in [-0.2, -0.15) is 0 Å². The minimum absolute atomic E-state index is 0.677. The molecule has 3 atom stereocenters. The third-order valence-electron chi connectivity index (χ3n) is 3.25. The summed E-state index contributed by atoms with van der Waals surface area (Å²) in [6, 6.07) is 0.677. The van der Waals surface area contributed by atoms with Gasteiger partial charge in [0.1, 0.15) is 0 Å². The molecule has 1 aliphatic heterocycles. The second kappa shape index (κ2) is 5.61. The molecule has 1 N–H and O–H groups in total. The van der Waals surface area contributed by atoms with Crippen LogP contribution >= 0.6 is 0 Å². The van der Waals surface area contributed by atoms with Gasteiger partial charge in [0.15, 0.2) is 0 Å². The van der Waals surface area contributed by atoms with Crippen LogP contribution in [0.3, 0.4) is 0 Å². The van der Waals surface area contributed by atoms with Crippen molar-refractivity contribution >= 4 is 0 Å². The molecule has 1 heterocycles. The predicted molar refractivity (Wildman–Crippen MR) is 55.8 cm³/mol. The highest BCUT2D eigenvalue weighted by Crippen LogP contribution is 2.25. The summed E-state index contributed by atoms with van der Waals surface area (Å²) in [6.45, 7) is 9.83. The Balaban J connectivity index is 2.37. The van der Waals surface area contributed by atoms with E-state index < -0.39 is 0 Å². The Kier molecular flexibility index (Phi) is 4.74. The van der Waals surface area contributed by atoms with Crippen LogP contribution in [0.25, 0.3) is 0 Å². The van der Waals surface area contributed by atoms with Crippen molar-refractivity contribution in [2.45, 2.75) is 39.7 Å². The molecule has 78 valence electrons. The van der Waals surface area contributed by atoms with Gasteiger partial charge in [-0.05, 0) is 31.2 Å². The predicted octanol–water partition coefficient (Wildman–Crippen LogP) is 2.05. The molecule has 1 fully saturated rings.